The van der Waals surface area contributed by atoms with Crippen LogP contribution in [-0.4, -0.2) is 5.12 Å². The van der Waals surface area contributed by atoms with Crippen LogP contribution in [0.25, 0.3) is 11.1 Å². The molecule has 0 atom stereocenters. The summed E-state index contributed by atoms with van der Waals surface area (Å²) in [5.41, 5.74) is 6.89. The number of aryl methyl sites for hydroxylation is 2. The van der Waals surface area contributed by atoms with Gasteiger partial charge < -0.3 is 0 Å². The molecule has 5 aromatic carbocycles. The molecule has 0 heterocycles. The summed E-state index contributed by atoms with van der Waals surface area (Å²) in [5.74, 6) is 0. The lowest BCUT2D eigenvalue weighted by molar-refractivity contribution is 0.108. The van der Waals surface area contributed by atoms with E-state index in [1.54, 1.807) is 0 Å². The van der Waals surface area contributed by atoms with E-state index >= 15 is 0 Å². The number of hydrogen-bond donors (Lipinski definition) is 0. The molecule has 0 unspecified atom stereocenters. The normalized spacial score (nSPS) is 11.6. The second-order valence-electron chi connectivity index (χ2n) is 11.2. The van der Waals surface area contributed by atoms with Crippen LogP contribution >= 0.6 is 11.8 Å². The third-order valence-electron chi connectivity index (χ3n) is 6.99. The highest BCUT2D eigenvalue weighted by atomic mass is 32.2. The van der Waals surface area contributed by atoms with E-state index in [0.717, 1.165) is 16.0 Å². The summed E-state index contributed by atoms with van der Waals surface area (Å²) in [5, 5.41) is 0.0665. The molecule has 0 fully saturated rings. The van der Waals surface area contributed by atoms with Crippen LogP contribution < -0.4 is 0 Å². The van der Waals surface area contributed by atoms with Crippen LogP contribution in [0, 0.1) is 13.8 Å². The summed E-state index contributed by atoms with van der Waals surface area (Å²) in [7, 11) is -0.172. The van der Waals surface area contributed by atoms with E-state index in [2.05, 4.69) is 132 Å². The number of carbonyl (C=O) groups is 1. The molecule has 0 amide bonds. The maximum absolute atomic E-state index is 12.9. The summed E-state index contributed by atoms with van der Waals surface area (Å²) in [4.78, 5) is 17.8. The van der Waals surface area contributed by atoms with E-state index in [1.807, 2.05) is 24.3 Å². The molecule has 40 heavy (non-hydrogen) atoms. The van der Waals surface area contributed by atoms with Crippen molar-refractivity contribution in [3.05, 3.63) is 144 Å². The van der Waals surface area contributed by atoms with Crippen molar-refractivity contribution in [3.8, 4) is 11.1 Å². The van der Waals surface area contributed by atoms with Gasteiger partial charge in [-0.15, -0.1) is 0 Å². The van der Waals surface area contributed by atoms with Gasteiger partial charge in [-0.1, -0.05) is 92.6 Å². The number of rotatable bonds is 6. The van der Waals surface area contributed by atoms with Crippen molar-refractivity contribution in [1.29, 1.82) is 0 Å². The SMILES string of the molecule is Cc1ccc([S+](c2ccc(C)cc2)c2ccc(-c3ccc(SC(=O)c4ccc(C(C)(C)C)cc4)cc3)cc2)cc1. The fourth-order valence-electron chi connectivity index (χ4n) is 4.53. The molecular formula is C37H35OS2+. The maximum Gasteiger partial charge on any atom is 0.224 e. The van der Waals surface area contributed by atoms with Gasteiger partial charge in [0.2, 0.25) is 5.12 Å². The van der Waals surface area contributed by atoms with Crippen LogP contribution in [-0.2, 0) is 16.3 Å². The van der Waals surface area contributed by atoms with Gasteiger partial charge >= 0.3 is 0 Å². The Morgan fingerprint density at radius 1 is 0.550 bits per heavy atom. The van der Waals surface area contributed by atoms with Crippen LogP contribution in [0.15, 0.2) is 141 Å². The Hall–Kier alpha value is -3.53. The molecule has 0 radical (unpaired) electrons. The maximum atomic E-state index is 12.9. The third kappa shape index (κ3) is 6.60. The molecule has 5 aromatic rings. The number of hydrogen-bond acceptors (Lipinski definition) is 2. The zero-order valence-corrected chi connectivity index (χ0v) is 25.4. The Morgan fingerprint density at radius 3 is 1.38 bits per heavy atom. The van der Waals surface area contributed by atoms with Gasteiger partial charge in [-0.3, -0.25) is 4.79 Å². The number of benzene rings is 5. The van der Waals surface area contributed by atoms with Crippen LogP contribution in [0.5, 0.6) is 0 Å². The Morgan fingerprint density at radius 2 is 0.950 bits per heavy atom. The first-order chi connectivity index (χ1) is 19.2. The van der Waals surface area contributed by atoms with Gasteiger partial charge in [-0.2, -0.15) is 0 Å². The van der Waals surface area contributed by atoms with Crippen molar-refractivity contribution in [2.24, 2.45) is 0 Å². The van der Waals surface area contributed by atoms with Gasteiger partial charge in [0.1, 0.15) is 0 Å². The van der Waals surface area contributed by atoms with Gasteiger partial charge in [0.15, 0.2) is 14.7 Å². The van der Waals surface area contributed by atoms with E-state index in [9.17, 15) is 4.79 Å². The third-order valence-corrected chi connectivity index (χ3v) is 10.1. The molecule has 0 aliphatic rings. The predicted octanol–water partition coefficient (Wildman–Crippen LogP) is 10.3. The first kappa shape index (κ1) is 28.0. The monoisotopic (exact) mass is 559 g/mol. The molecule has 0 aliphatic carbocycles. The summed E-state index contributed by atoms with van der Waals surface area (Å²) < 4.78 is 0. The minimum absolute atomic E-state index is 0.0665. The Balaban J connectivity index is 1.33. The first-order valence-electron chi connectivity index (χ1n) is 13.6. The minimum Gasteiger partial charge on any atom is -0.281 e. The lowest BCUT2D eigenvalue weighted by Crippen LogP contribution is -2.10. The van der Waals surface area contributed by atoms with Gasteiger partial charge in [-0.05, 0) is 108 Å². The average molecular weight is 560 g/mol. The molecule has 1 nitrogen and oxygen atoms in total. The van der Waals surface area contributed by atoms with Gasteiger partial charge in [0.25, 0.3) is 0 Å². The molecule has 3 heteroatoms. The summed E-state index contributed by atoms with van der Waals surface area (Å²) in [6, 6.07) is 43.0. The largest absolute Gasteiger partial charge is 0.281 e. The quantitative estimate of drug-likeness (QED) is 0.152. The summed E-state index contributed by atoms with van der Waals surface area (Å²) in [6.07, 6.45) is 0. The predicted molar refractivity (Wildman–Crippen MR) is 172 cm³/mol. The summed E-state index contributed by atoms with van der Waals surface area (Å²) in [6.45, 7) is 10.8. The van der Waals surface area contributed by atoms with Gasteiger partial charge in [-0.25, -0.2) is 0 Å². The highest BCUT2D eigenvalue weighted by Crippen LogP contribution is 2.34. The molecule has 0 spiro atoms. The van der Waals surface area contributed by atoms with Crippen LogP contribution in [0.2, 0.25) is 0 Å². The Labute approximate surface area is 246 Å². The second-order valence-corrected chi connectivity index (χ2v) is 14.3. The highest BCUT2D eigenvalue weighted by molar-refractivity contribution is 8.14. The molecule has 0 saturated carbocycles. The highest BCUT2D eigenvalue weighted by Gasteiger charge is 2.28. The van der Waals surface area contributed by atoms with Crippen molar-refractivity contribution in [1.82, 2.24) is 0 Å². The zero-order chi connectivity index (χ0) is 28.3. The number of carbonyl (C=O) groups excluding carboxylic acids is 1. The minimum atomic E-state index is -0.172. The van der Waals surface area contributed by atoms with Crippen molar-refractivity contribution in [2.75, 3.05) is 0 Å². The fourth-order valence-corrected chi connectivity index (χ4v) is 7.31. The smallest absolute Gasteiger partial charge is 0.224 e. The van der Waals surface area contributed by atoms with E-state index in [-0.39, 0.29) is 21.4 Å². The van der Waals surface area contributed by atoms with E-state index < -0.39 is 0 Å². The van der Waals surface area contributed by atoms with Crippen LogP contribution in [0.4, 0.5) is 0 Å². The van der Waals surface area contributed by atoms with E-state index in [4.69, 9.17) is 0 Å². The van der Waals surface area contributed by atoms with Crippen molar-refractivity contribution in [3.63, 3.8) is 0 Å². The standard InChI is InChI=1S/C37H35OS2/c1-26-6-20-33(21-7-26)40(34-22-8-27(2)9-23-34)35-24-14-29(15-25-35)28-12-18-32(19-13-28)39-36(38)30-10-16-31(17-11-30)37(3,4)5/h6-25H,1-5H3/q+1. The van der Waals surface area contributed by atoms with Crippen LogP contribution in [0.3, 0.4) is 0 Å². The summed E-state index contributed by atoms with van der Waals surface area (Å²) >= 11 is 1.28. The van der Waals surface area contributed by atoms with Crippen molar-refractivity contribution >= 4 is 27.8 Å². The molecule has 0 saturated heterocycles. The molecule has 200 valence electrons. The van der Waals surface area contributed by atoms with E-state index in [1.165, 1.54) is 48.7 Å². The molecule has 0 N–H and O–H groups in total. The fraction of sp³-hybridized carbons (Fsp3) is 0.162. The van der Waals surface area contributed by atoms with Crippen LogP contribution in [0.1, 0.15) is 47.8 Å². The topological polar surface area (TPSA) is 17.1 Å². The number of thioether (sulfide) groups is 1. The molecule has 0 bridgehead atoms. The van der Waals surface area contributed by atoms with Gasteiger partial charge in [0.05, 0.1) is 10.9 Å². The molecular weight excluding hydrogens is 525 g/mol. The molecule has 5 rings (SSSR count). The second kappa shape index (κ2) is 11.9. The van der Waals surface area contributed by atoms with Crippen molar-refractivity contribution < 1.29 is 4.79 Å². The molecule has 0 aliphatic heterocycles. The van der Waals surface area contributed by atoms with Crippen molar-refractivity contribution in [2.45, 2.75) is 59.6 Å². The van der Waals surface area contributed by atoms with E-state index in [0.29, 0.717) is 0 Å². The van der Waals surface area contributed by atoms with Gasteiger partial charge in [0, 0.05) is 10.5 Å². The zero-order valence-electron chi connectivity index (χ0n) is 23.8. The lowest BCUT2D eigenvalue weighted by atomic mass is 9.87. The molecule has 0 aromatic heterocycles. The first-order valence-corrected chi connectivity index (χ1v) is 15.6. The Bertz CT molecular complexity index is 1530. The Kier molecular flexibility index (Phi) is 8.35. The average Bonchev–Trinajstić information content (AvgIpc) is 2.96. The lowest BCUT2D eigenvalue weighted by Gasteiger charge is -2.18.